The van der Waals surface area contributed by atoms with Crippen LogP contribution in [0.1, 0.15) is 322 Å². The van der Waals surface area contributed by atoms with Crippen molar-refractivity contribution < 1.29 is 42.9 Å². The maximum absolute atomic E-state index is 12.8. The van der Waals surface area contributed by atoms with Crippen LogP contribution in [0.15, 0.2) is 48.6 Å². The number of aliphatic carboxylic acids is 1. The summed E-state index contributed by atoms with van der Waals surface area (Å²) in [5.74, 6) is -2.33. The third kappa shape index (κ3) is 62.7. The monoisotopic (exact) mass is 1110 g/mol. The summed E-state index contributed by atoms with van der Waals surface area (Å²) < 4.78 is 22.7. The van der Waals surface area contributed by atoms with Crippen molar-refractivity contribution >= 4 is 17.9 Å². The van der Waals surface area contributed by atoms with Crippen LogP contribution in [-0.2, 0) is 33.3 Å². The van der Waals surface area contributed by atoms with E-state index < -0.39 is 24.3 Å². The van der Waals surface area contributed by atoms with E-state index >= 15 is 0 Å². The van der Waals surface area contributed by atoms with Crippen LogP contribution in [0.2, 0.25) is 0 Å². The van der Waals surface area contributed by atoms with Crippen molar-refractivity contribution in [2.24, 2.45) is 0 Å². The van der Waals surface area contributed by atoms with Crippen molar-refractivity contribution in [3.8, 4) is 0 Å². The Morgan fingerprint density at radius 3 is 1.08 bits per heavy atom. The quantitative estimate of drug-likeness (QED) is 0.0195. The Hall–Kier alpha value is -2.75. The highest BCUT2D eigenvalue weighted by Crippen LogP contribution is 2.19. The number of carbonyl (C=O) groups is 3. The molecule has 0 fully saturated rings. The molecule has 0 saturated carbocycles. The lowest BCUT2D eigenvalue weighted by atomic mass is 10.0. The molecule has 0 bridgehead atoms. The Morgan fingerprint density at radius 2 is 0.722 bits per heavy atom. The summed E-state index contributed by atoms with van der Waals surface area (Å²) >= 11 is 0. The first kappa shape index (κ1) is 76.2. The van der Waals surface area contributed by atoms with Crippen molar-refractivity contribution in [1.82, 2.24) is 0 Å². The minimum absolute atomic E-state index is 0.140. The van der Waals surface area contributed by atoms with Crippen LogP contribution in [0, 0.1) is 0 Å². The first-order chi connectivity index (χ1) is 38.6. The van der Waals surface area contributed by atoms with Gasteiger partial charge in [-0.25, -0.2) is 0 Å². The molecule has 0 aliphatic heterocycles. The summed E-state index contributed by atoms with van der Waals surface area (Å²) in [5, 5.41) is 11.8. The number of unbranched alkanes of at least 4 members (excludes halogenated alkanes) is 40. The second-order valence-corrected chi connectivity index (χ2v) is 24.1. The summed E-state index contributed by atoms with van der Waals surface area (Å²) in [6, 6.07) is 0. The molecule has 462 valence electrons. The van der Waals surface area contributed by atoms with E-state index in [1.807, 2.05) is 21.1 Å². The fourth-order valence-electron chi connectivity index (χ4n) is 9.94. The maximum atomic E-state index is 12.8. The Bertz CT molecular complexity index is 1430. The van der Waals surface area contributed by atoms with Crippen molar-refractivity contribution in [3.63, 3.8) is 0 Å². The molecule has 0 heterocycles. The fraction of sp³-hybridized carbons (Fsp3) is 0.843. The molecule has 0 amide bonds. The molecule has 0 aromatic heterocycles. The van der Waals surface area contributed by atoms with Crippen LogP contribution in [0.3, 0.4) is 0 Å². The summed E-state index contributed by atoms with van der Waals surface area (Å²) in [5.41, 5.74) is 0. The Kier molecular flexibility index (Phi) is 59.2. The van der Waals surface area contributed by atoms with Crippen molar-refractivity contribution in [1.29, 1.82) is 0 Å². The SMILES string of the molecule is CC/C=C\C/C=C\C/C=C\C/C=C\CCCCC(=O)OC(COC(=O)CCCCCCCCCCCCCCCCCCCCCCCCCCCCCCCCCCCCCCCCC)COC(OCC[N+](C)(C)C)C(=O)[O-]. The van der Waals surface area contributed by atoms with Crippen molar-refractivity contribution in [2.75, 3.05) is 47.5 Å². The average molecular weight is 1110 g/mol. The molecule has 0 N–H and O–H groups in total. The average Bonchev–Trinajstić information content (AvgIpc) is 3.42. The largest absolute Gasteiger partial charge is 0.545 e. The number of esters is 2. The van der Waals surface area contributed by atoms with Gasteiger partial charge in [-0.2, -0.15) is 0 Å². The number of allylic oxidation sites excluding steroid dienone is 8. The second-order valence-electron chi connectivity index (χ2n) is 24.1. The van der Waals surface area contributed by atoms with Gasteiger partial charge in [0.15, 0.2) is 12.4 Å². The molecule has 0 radical (unpaired) electrons. The van der Waals surface area contributed by atoms with Crippen LogP contribution in [0.25, 0.3) is 0 Å². The van der Waals surface area contributed by atoms with Crippen molar-refractivity contribution in [2.45, 2.75) is 334 Å². The molecule has 0 rings (SSSR count). The Balaban J connectivity index is 3.92. The van der Waals surface area contributed by atoms with Gasteiger partial charge in [0.25, 0.3) is 0 Å². The molecule has 0 aliphatic carbocycles. The van der Waals surface area contributed by atoms with E-state index in [9.17, 15) is 19.5 Å². The minimum atomic E-state index is -1.63. The smallest absolute Gasteiger partial charge is 0.306 e. The van der Waals surface area contributed by atoms with Gasteiger partial charge in [-0.1, -0.05) is 306 Å². The minimum Gasteiger partial charge on any atom is -0.545 e. The van der Waals surface area contributed by atoms with Gasteiger partial charge < -0.3 is 33.3 Å². The first-order valence-electron chi connectivity index (χ1n) is 33.8. The van der Waals surface area contributed by atoms with E-state index in [1.165, 1.54) is 231 Å². The lowest BCUT2D eigenvalue weighted by Gasteiger charge is -2.26. The van der Waals surface area contributed by atoms with Gasteiger partial charge in [0, 0.05) is 12.8 Å². The zero-order chi connectivity index (χ0) is 57.6. The molecule has 0 spiro atoms. The molecule has 2 unspecified atom stereocenters. The van der Waals surface area contributed by atoms with Gasteiger partial charge in [-0.15, -0.1) is 0 Å². The van der Waals surface area contributed by atoms with Crippen LogP contribution in [0.4, 0.5) is 0 Å². The zero-order valence-electron chi connectivity index (χ0n) is 52.8. The van der Waals surface area contributed by atoms with Crippen LogP contribution < -0.4 is 5.11 Å². The van der Waals surface area contributed by atoms with E-state index in [2.05, 4.69) is 62.5 Å². The Morgan fingerprint density at radius 1 is 0.392 bits per heavy atom. The second kappa shape index (κ2) is 61.3. The van der Waals surface area contributed by atoms with Gasteiger partial charge in [-0.05, 0) is 51.4 Å². The van der Waals surface area contributed by atoms with E-state index in [0.29, 0.717) is 17.4 Å². The van der Waals surface area contributed by atoms with Crippen molar-refractivity contribution in [3.05, 3.63) is 48.6 Å². The van der Waals surface area contributed by atoms with E-state index in [0.717, 1.165) is 57.8 Å². The summed E-state index contributed by atoms with van der Waals surface area (Å²) in [4.78, 5) is 37.3. The normalized spacial score (nSPS) is 13.0. The number of nitrogens with zero attached hydrogens (tertiary/aromatic N) is 1. The molecular weight excluding hydrogens is 983 g/mol. The van der Waals surface area contributed by atoms with E-state index in [1.54, 1.807) is 0 Å². The Labute approximate surface area is 489 Å². The molecule has 2 atom stereocenters. The molecule has 0 aromatic rings. The standard InChI is InChI=1S/C70H129NO8/c1-6-8-10-12-14-16-18-20-22-23-24-25-26-27-28-29-30-31-32-33-34-35-36-37-38-39-40-41-42-43-44-45-47-48-50-52-54-56-58-60-67(72)77-64-66(65-78-70(69(74)75)76-63-62-71(3,4)5)79-68(73)61-59-57-55-53-51-49-46-21-19-17-15-13-11-9-7-2/h9,11,15,17,21,46,51,53,66,70H,6-8,10,12-14,16,18-20,22-45,47-50,52,54-65H2,1-5H3/b11-9-,17-15-,46-21-,53-51-. The molecule has 0 saturated heterocycles. The maximum Gasteiger partial charge on any atom is 0.306 e. The van der Waals surface area contributed by atoms with E-state index in [4.69, 9.17) is 18.9 Å². The third-order valence-electron chi connectivity index (χ3n) is 15.1. The molecule has 0 aliphatic rings. The van der Waals surface area contributed by atoms with Crippen LogP contribution in [0.5, 0.6) is 0 Å². The summed E-state index contributed by atoms with van der Waals surface area (Å²) in [7, 11) is 5.91. The molecule has 0 aromatic carbocycles. The lowest BCUT2D eigenvalue weighted by molar-refractivity contribution is -0.870. The number of likely N-dealkylation sites (N-methyl/N-ethyl adjacent to an activating group) is 1. The predicted molar refractivity (Wildman–Crippen MR) is 334 cm³/mol. The molecule has 9 nitrogen and oxygen atoms in total. The lowest BCUT2D eigenvalue weighted by Crippen LogP contribution is -2.44. The highest BCUT2D eigenvalue weighted by molar-refractivity contribution is 5.70. The first-order valence-corrected chi connectivity index (χ1v) is 33.8. The molecule has 9 heteroatoms. The zero-order valence-corrected chi connectivity index (χ0v) is 52.8. The predicted octanol–water partition coefficient (Wildman–Crippen LogP) is 19.2. The van der Waals surface area contributed by atoms with Gasteiger partial charge in [0.1, 0.15) is 13.2 Å². The number of hydrogen-bond acceptors (Lipinski definition) is 8. The number of carboxylic acids is 1. The number of quaternary nitrogens is 1. The number of carboxylic acid groups (broad SMARTS) is 1. The number of carbonyl (C=O) groups excluding carboxylic acids is 3. The van der Waals surface area contributed by atoms with Gasteiger partial charge in [-0.3, -0.25) is 9.59 Å². The van der Waals surface area contributed by atoms with Gasteiger partial charge >= 0.3 is 11.9 Å². The summed E-state index contributed by atoms with van der Waals surface area (Å²) in [6.45, 7) is 4.62. The molecule has 79 heavy (non-hydrogen) atoms. The summed E-state index contributed by atoms with van der Waals surface area (Å²) in [6.07, 6.45) is 75.3. The van der Waals surface area contributed by atoms with Crippen LogP contribution >= 0.6 is 0 Å². The number of rotatable bonds is 63. The van der Waals surface area contributed by atoms with Gasteiger partial charge in [0.2, 0.25) is 0 Å². The van der Waals surface area contributed by atoms with E-state index in [-0.39, 0.29) is 38.6 Å². The number of ether oxygens (including phenoxy) is 4. The highest BCUT2D eigenvalue weighted by Gasteiger charge is 2.22. The highest BCUT2D eigenvalue weighted by atomic mass is 16.7. The topological polar surface area (TPSA) is 111 Å². The third-order valence-corrected chi connectivity index (χ3v) is 15.1. The fourth-order valence-corrected chi connectivity index (χ4v) is 9.94. The van der Waals surface area contributed by atoms with Crippen LogP contribution in [-0.4, -0.2) is 82.3 Å². The van der Waals surface area contributed by atoms with Gasteiger partial charge in [0.05, 0.1) is 40.3 Å². The number of hydrogen-bond donors (Lipinski definition) is 0. The molecular formula is C70H129NO8.